The van der Waals surface area contributed by atoms with E-state index in [0.717, 1.165) is 56.1 Å². The summed E-state index contributed by atoms with van der Waals surface area (Å²) in [6, 6.07) is 25.4. The van der Waals surface area contributed by atoms with E-state index in [9.17, 15) is 0 Å². The predicted octanol–water partition coefficient (Wildman–Crippen LogP) is 8.13. The van der Waals surface area contributed by atoms with Gasteiger partial charge < -0.3 is 14.0 Å². The molecule has 0 amide bonds. The fourth-order valence-electron chi connectivity index (χ4n) is 5.35. The summed E-state index contributed by atoms with van der Waals surface area (Å²) < 4.78 is 20.1. The molecule has 4 aromatic rings. The highest BCUT2D eigenvalue weighted by molar-refractivity contribution is 6.39. The van der Waals surface area contributed by atoms with Crippen LogP contribution >= 0.6 is 0 Å². The Balaban J connectivity index is 1.64. The van der Waals surface area contributed by atoms with Crippen LogP contribution < -0.4 is 18.4 Å². The minimum atomic E-state index is -0.957. The Kier molecular flexibility index (Phi) is 8.41. The normalized spacial score (nSPS) is 11.3. The fraction of sp³-hybridized carbons (Fsp3) is 0.294. The summed E-state index contributed by atoms with van der Waals surface area (Å²) in [6.45, 7) is 15.4. The molecule has 0 saturated carbocycles. The Hall–Kier alpha value is -3.70. The van der Waals surface area contributed by atoms with Gasteiger partial charge in [0.25, 0.3) is 0 Å². The summed E-state index contributed by atoms with van der Waals surface area (Å²) in [5, 5.41) is 0. The summed E-state index contributed by atoms with van der Waals surface area (Å²) in [6.07, 6.45) is 0. The number of benzene rings is 4. The van der Waals surface area contributed by atoms with Crippen molar-refractivity contribution >= 4 is 13.0 Å². The van der Waals surface area contributed by atoms with Gasteiger partial charge in [0, 0.05) is 17.7 Å². The van der Waals surface area contributed by atoms with Crippen LogP contribution in [0.2, 0.25) is 0 Å². The third-order valence-electron chi connectivity index (χ3n) is 7.14. The van der Waals surface area contributed by atoms with E-state index >= 15 is 0 Å². The third-order valence-corrected chi connectivity index (χ3v) is 7.14. The molecule has 0 heterocycles. The standard InChI is InChI=1S/C34H41BNO3/c1-23-17-26(4)33(27(5)18-23)38-35(39-34-28(6)19-24(2)20-29(34)7)37-32-16-15-31(21-25(32)3)36(8,9)22-30-13-11-10-12-14-30/h10-21H,22H2,1-9H3/q+1. The first-order valence-electron chi connectivity index (χ1n) is 13.6. The van der Waals surface area contributed by atoms with E-state index in [4.69, 9.17) is 14.0 Å². The summed E-state index contributed by atoms with van der Waals surface area (Å²) in [4.78, 5) is 0. The molecule has 4 rings (SSSR count). The third kappa shape index (κ3) is 6.85. The molecule has 0 N–H and O–H groups in total. The van der Waals surface area contributed by atoms with Crippen molar-refractivity contribution < 1.29 is 14.0 Å². The summed E-state index contributed by atoms with van der Waals surface area (Å²) in [5.41, 5.74) is 10.1. The van der Waals surface area contributed by atoms with E-state index in [1.807, 2.05) is 6.07 Å². The lowest BCUT2D eigenvalue weighted by atomic mass is 10.0. The zero-order chi connectivity index (χ0) is 28.3. The van der Waals surface area contributed by atoms with Crippen molar-refractivity contribution in [3.8, 4) is 17.2 Å². The number of hydrogen-bond donors (Lipinski definition) is 0. The Morgan fingerprint density at radius 2 is 1.05 bits per heavy atom. The van der Waals surface area contributed by atoms with Crippen LogP contribution in [-0.4, -0.2) is 21.4 Å². The average molecular weight is 523 g/mol. The SMILES string of the molecule is Cc1cc(C)c(OB(Oc2ccc([N+](C)(C)Cc3ccccc3)cc2C)Oc2c(C)cc(C)cc2C)c(C)c1. The lowest BCUT2D eigenvalue weighted by molar-refractivity contribution is 0.302. The average Bonchev–Trinajstić information content (AvgIpc) is 2.84. The molecule has 0 radical (unpaired) electrons. The van der Waals surface area contributed by atoms with Gasteiger partial charge in [-0.25, -0.2) is 0 Å². The molecule has 4 aromatic carbocycles. The van der Waals surface area contributed by atoms with E-state index in [1.54, 1.807) is 0 Å². The molecule has 202 valence electrons. The molecular weight excluding hydrogens is 481 g/mol. The molecule has 0 aliphatic carbocycles. The van der Waals surface area contributed by atoms with Crippen LogP contribution in [-0.2, 0) is 6.54 Å². The maximum absolute atomic E-state index is 6.47. The van der Waals surface area contributed by atoms with Crippen LogP contribution in [0.3, 0.4) is 0 Å². The van der Waals surface area contributed by atoms with Crippen molar-refractivity contribution in [3.63, 3.8) is 0 Å². The quantitative estimate of drug-likeness (QED) is 0.164. The van der Waals surface area contributed by atoms with Gasteiger partial charge in [-0.2, -0.15) is 0 Å². The van der Waals surface area contributed by atoms with Crippen LogP contribution in [0.1, 0.15) is 44.5 Å². The monoisotopic (exact) mass is 522 g/mol. The zero-order valence-electron chi connectivity index (χ0n) is 24.9. The number of quaternary nitrogens is 1. The van der Waals surface area contributed by atoms with Crippen LogP contribution in [0.15, 0.2) is 72.8 Å². The lowest BCUT2D eigenvalue weighted by Crippen LogP contribution is -2.40. The molecule has 0 unspecified atom stereocenters. The van der Waals surface area contributed by atoms with Crippen LogP contribution in [0, 0.1) is 48.5 Å². The van der Waals surface area contributed by atoms with Gasteiger partial charge in [-0.05, 0) is 82.3 Å². The summed E-state index contributed by atoms with van der Waals surface area (Å²) in [7, 11) is 3.49. The van der Waals surface area contributed by atoms with Crippen molar-refractivity contribution in [2.45, 2.75) is 55.0 Å². The van der Waals surface area contributed by atoms with Crippen molar-refractivity contribution in [2.24, 2.45) is 0 Å². The molecule has 0 aliphatic rings. The Morgan fingerprint density at radius 1 is 0.564 bits per heavy atom. The second-order valence-corrected chi connectivity index (χ2v) is 11.4. The number of aryl methyl sites for hydroxylation is 7. The molecule has 0 saturated heterocycles. The molecule has 0 bridgehead atoms. The number of hydrogen-bond acceptors (Lipinski definition) is 3. The number of nitrogens with zero attached hydrogens (tertiary/aromatic N) is 1. The van der Waals surface area contributed by atoms with Crippen molar-refractivity contribution in [1.82, 2.24) is 4.48 Å². The maximum atomic E-state index is 6.47. The fourth-order valence-corrected chi connectivity index (χ4v) is 5.35. The van der Waals surface area contributed by atoms with Gasteiger partial charge in [0.1, 0.15) is 29.5 Å². The molecule has 4 nitrogen and oxygen atoms in total. The van der Waals surface area contributed by atoms with Crippen LogP contribution in [0.5, 0.6) is 17.2 Å². The highest BCUT2D eigenvalue weighted by atomic mass is 16.7. The van der Waals surface area contributed by atoms with Gasteiger partial charge >= 0.3 is 7.32 Å². The van der Waals surface area contributed by atoms with Crippen molar-refractivity contribution in [1.29, 1.82) is 0 Å². The van der Waals surface area contributed by atoms with E-state index in [1.165, 1.54) is 22.4 Å². The van der Waals surface area contributed by atoms with E-state index < -0.39 is 7.32 Å². The van der Waals surface area contributed by atoms with Gasteiger partial charge in [0.15, 0.2) is 0 Å². The smallest absolute Gasteiger partial charge is 0.489 e. The second-order valence-electron chi connectivity index (χ2n) is 11.4. The topological polar surface area (TPSA) is 27.7 Å². The zero-order valence-corrected chi connectivity index (χ0v) is 24.9. The Morgan fingerprint density at radius 3 is 1.51 bits per heavy atom. The first kappa shape index (κ1) is 28.3. The minimum Gasteiger partial charge on any atom is -0.489 e. The first-order chi connectivity index (χ1) is 18.4. The maximum Gasteiger partial charge on any atom is 0.864 e. The van der Waals surface area contributed by atoms with E-state index in [2.05, 4.69) is 129 Å². The molecular formula is C34H41BNO3+. The molecule has 0 fully saturated rings. The summed E-state index contributed by atoms with van der Waals surface area (Å²) >= 11 is 0. The summed E-state index contributed by atoms with van der Waals surface area (Å²) in [5.74, 6) is 2.29. The van der Waals surface area contributed by atoms with Gasteiger partial charge in [-0.1, -0.05) is 65.7 Å². The first-order valence-corrected chi connectivity index (χ1v) is 13.6. The lowest BCUT2D eigenvalue weighted by Gasteiger charge is -2.30. The van der Waals surface area contributed by atoms with Gasteiger partial charge in [-0.3, -0.25) is 4.48 Å². The van der Waals surface area contributed by atoms with Crippen molar-refractivity contribution in [2.75, 3.05) is 14.1 Å². The molecule has 5 heteroatoms. The van der Waals surface area contributed by atoms with Crippen LogP contribution in [0.25, 0.3) is 0 Å². The molecule has 0 aliphatic heterocycles. The predicted molar refractivity (Wildman–Crippen MR) is 164 cm³/mol. The second kappa shape index (κ2) is 11.6. The van der Waals surface area contributed by atoms with Gasteiger partial charge in [0.2, 0.25) is 0 Å². The van der Waals surface area contributed by atoms with Gasteiger partial charge in [0.05, 0.1) is 14.1 Å². The molecule has 0 spiro atoms. The minimum absolute atomic E-state index is 0.727. The Bertz CT molecular complexity index is 1360. The van der Waals surface area contributed by atoms with E-state index in [-0.39, 0.29) is 0 Å². The largest absolute Gasteiger partial charge is 0.864 e. The molecule has 0 aromatic heterocycles. The van der Waals surface area contributed by atoms with Crippen molar-refractivity contribution in [3.05, 3.63) is 117 Å². The highest BCUT2D eigenvalue weighted by Gasteiger charge is 2.33. The Labute approximate surface area is 234 Å². The number of rotatable bonds is 9. The van der Waals surface area contributed by atoms with E-state index in [0.29, 0.717) is 0 Å². The highest BCUT2D eigenvalue weighted by Crippen LogP contribution is 2.32. The molecule has 0 atom stereocenters. The molecule has 39 heavy (non-hydrogen) atoms. The van der Waals surface area contributed by atoms with Crippen LogP contribution in [0.4, 0.5) is 5.69 Å². The van der Waals surface area contributed by atoms with Gasteiger partial charge in [-0.15, -0.1) is 0 Å².